The number of benzene rings is 1. The first-order valence-electron chi connectivity index (χ1n) is 8.35. The summed E-state index contributed by atoms with van der Waals surface area (Å²) in [5, 5.41) is 8.69. The van der Waals surface area contributed by atoms with Gasteiger partial charge in [-0.15, -0.1) is 0 Å². The van der Waals surface area contributed by atoms with E-state index in [1.54, 1.807) is 25.4 Å². The lowest BCUT2D eigenvalue weighted by Gasteiger charge is -2.29. The average Bonchev–Trinajstić information content (AvgIpc) is 2.67. The van der Waals surface area contributed by atoms with E-state index in [1.807, 2.05) is 36.4 Å². The normalized spacial score (nSPS) is 16.5. The van der Waals surface area contributed by atoms with Crippen molar-refractivity contribution in [1.29, 1.82) is 0 Å². The summed E-state index contributed by atoms with van der Waals surface area (Å²) in [7, 11) is 0. The summed E-state index contributed by atoms with van der Waals surface area (Å²) >= 11 is 0. The van der Waals surface area contributed by atoms with Crippen LogP contribution in [0, 0.1) is 0 Å². The van der Waals surface area contributed by atoms with Gasteiger partial charge in [-0.25, -0.2) is 9.59 Å². The van der Waals surface area contributed by atoms with Gasteiger partial charge < -0.3 is 20.7 Å². The Kier molecular flexibility index (Phi) is 5.48. The fraction of sp³-hybridized carbons (Fsp3) is 0.211. The van der Waals surface area contributed by atoms with Gasteiger partial charge in [0, 0.05) is 12.4 Å². The summed E-state index contributed by atoms with van der Waals surface area (Å²) in [5.41, 5.74) is 2.45. The van der Waals surface area contributed by atoms with Crippen LogP contribution in [0.4, 0.5) is 10.5 Å². The quantitative estimate of drug-likeness (QED) is 0.694. The largest absolute Gasteiger partial charge is 0.463 e. The number of carbonyl (C=O) groups excluding carboxylic acids is 2. The van der Waals surface area contributed by atoms with Gasteiger partial charge in [0.05, 0.1) is 36.2 Å². The highest BCUT2D eigenvalue weighted by atomic mass is 16.5. The van der Waals surface area contributed by atoms with Crippen LogP contribution < -0.4 is 16.0 Å². The monoisotopic (exact) mass is 352 g/mol. The molecule has 1 atom stereocenters. The third-order valence-corrected chi connectivity index (χ3v) is 3.91. The molecule has 0 spiro atoms. The van der Waals surface area contributed by atoms with Gasteiger partial charge in [0.15, 0.2) is 0 Å². The van der Waals surface area contributed by atoms with Crippen LogP contribution in [0.1, 0.15) is 18.5 Å². The lowest BCUT2D eigenvalue weighted by atomic mass is 9.95. The molecule has 134 valence electrons. The number of carbonyl (C=O) groups is 2. The molecule has 0 radical (unpaired) electrons. The molecular formula is C19H20N4O3. The fourth-order valence-electron chi connectivity index (χ4n) is 2.76. The Morgan fingerprint density at radius 1 is 1.23 bits per heavy atom. The minimum absolute atomic E-state index is 0.251. The number of ether oxygens (including phenoxy) is 1. The minimum Gasteiger partial charge on any atom is -0.463 e. The molecule has 0 bridgehead atoms. The second kappa shape index (κ2) is 8.15. The maximum absolute atomic E-state index is 12.6. The van der Waals surface area contributed by atoms with Crippen LogP contribution in [0.3, 0.4) is 0 Å². The molecule has 1 aliphatic heterocycles. The van der Waals surface area contributed by atoms with Gasteiger partial charge in [-0.2, -0.15) is 0 Å². The summed E-state index contributed by atoms with van der Waals surface area (Å²) in [6.45, 7) is 2.26. The van der Waals surface area contributed by atoms with E-state index in [9.17, 15) is 9.59 Å². The lowest BCUT2D eigenvalue weighted by Crippen LogP contribution is -2.47. The van der Waals surface area contributed by atoms with Crippen LogP contribution in [0.25, 0.3) is 0 Å². The number of nitrogens with zero attached hydrogens (tertiary/aromatic N) is 1. The first-order chi connectivity index (χ1) is 12.7. The van der Waals surface area contributed by atoms with Gasteiger partial charge >= 0.3 is 12.0 Å². The van der Waals surface area contributed by atoms with Crippen LogP contribution in [0.15, 0.2) is 66.1 Å². The molecule has 7 heteroatoms. The molecule has 2 amide bonds. The fourth-order valence-corrected chi connectivity index (χ4v) is 2.76. The number of anilines is 1. The van der Waals surface area contributed by atoms with Crippen LogP contribution in [-0.2, 0) is 9.53 Å². The van der Waals surface area contributed by atoms with Crippen molar-refractivity contribution in [3.05, 3.63) is 71.7 Å². The third-order valence-electron chi connectivity index (χ3n) is 3.91. The molecule has 1 unspecified atom stereocenters. The summed E-state index contributed by atoms with van der Waals surface area (Å²) < 4.78 is 5.22. The van der Waals surface area contributed by atoms with Crippen molar-refractivity contribution in [3.8, 4) is 0 Å². The maximum atomic E-state index is 12.6. The number of esters is 1. The zero-order valence-corrected chi connectivity index (χ0v) is 14.4. The van der Waals surface area contributed by atoms with E-state index in [1.165, 1.54) is 0 Å². The van der Waals surface area contributed by atoms with Crippen LogP contribution >= 0.6 is 0 Å². The van der Waals surface area contributed by atoms with Gasteiger partial charge in [-0.05, 0) is 24.6 Å². The number of hydrogen-bond donors (Lipinski definition) is 3. The molecule has 1 aliphatic rings. The zero-order chi connectivity index (χ0) is 18.4. The summed E-state index contributed by atoms with van der Waals surface area (Å²) in [4.78, 5) is 28.8. The number of rotatable bonds is 6. The van der Waals surface area contributed by atoms with Gasteiger partial charge in [-0.3, -0.25) is 4.98 Å². The summed E-state index contributed by atoms with van der Waals surface area (Å²) in [6, 6.07) is 12.0. The van der Waals surface area contributed by atoms with Crippen molar-refractivity contribution >= 4 is 17.7 Å². The third kappa shape index (κ3) is 4.00. The highest BCUT2D eigenvalue weighted by molar-refractivity contribution is 5.95. The Morgan fingerprint density at radius 3 is 2.73 bits per heavy atom. The number of urea groups is 1. The van der Waals surface area contributed by atoms with Gasteiger partial charge in [0.1, 0.15) is 0 Å². The average molecular weight is 352 g/mol. The van der Waals surface area contributed by atoms with Crippen LogP contribution in [-0.4, -0.2) is 30.1 Å². The molecule has 0 saturated heterocycles. The Hall–Kier alpha value is -3.35. The van der Waals surface area contributed by atoms with E-state index in [2.05, 4.69) is 20.9 Å². The standard InChI is InChI=1S/C19H20N4O3/c1-2-26-18(24)16-15(12-21-14-9-6-10-20-11-14)22-19(25)23-17(16)13-7-4-3-5-8-13/h3-11,17,21H,2,12H2,1H3,(H2,22,23,25). The molecule has 7 nitrogen and oxygen atoms in total. The van der Waals surface area contributed by atoms with Gasteiger partial charge in [0.25, 0.3) is 0 Å². The smallest absolute Gasteiger partial charge is 0.338 e. The van der Waals surface area contributed by atoms with E-state index in [0.29, 0.717) is 11.3 Å². The van der Waals surface area contributed by atoms with Crippen molar-refractivity contribution in [2.24, 2.45) is 0 Å². The Bertz CT molecular complexity index is 806. The van der Waals surface area contributed by atoms with E-state index < -0.39 is 12.0 Å². The first kappa shape index (κ1) is 17.5. The highest BCUT2D eigenvalue weighted by Gasteiger charge is 2.33. The number of hydrogen-bond acceptors (Lipinski definition) is 5. The summed E-state index contributed by atoms with van der Waals surface area (Å²) in [6.07, 6.45) is 3.34. The molecule has 0 saturated carbocycles. The minimum atomic E-state index is -0.574. The van der Waals surface area contributed by atoms with Crippen LogP contribution in [0.5, 0.6) is 0 Å². The predicted molar refractivity (Wildman–Crippen MR) is 97.2 cm³/mol. The molecule has 0 fully saturated rings. The van der Waals surface area contributed by atoms with E-state index >= 15 is 0 Å². The van der Waals surface area contributed by atoms with E-state index in [4.69, 9.17) is 4.74 Å². The Morgan fingerprint density at radius 2 is 2.04 bits per heavy atom. The molecule has 1 aromatic heterocycles. The van der Waals surface area contributed by atoms with Crippen molar-refractivity contribution in [2.45, 2.75) is 13.0 Å². The summed E-state index contributed by atoms with van der Waals surface area (Å²) in [5.74, 6) is -0.461. The predicted octanol–water partition coefficient (Wildman–Crippen LogP) is 2.36. The number of nitrogens with one attached hydrogen (secondary N) is 3. The molecule has 2 aromatic rings. The van der Waals surface area contributed by atoms with E-state index in [-0.39, 0.29) is 19.2 Å². The van der Waals surface area contributed by atoms with Crippen molar-refractivity contribution in [3.63, 3.8) is 0 Å². The lowest BCUT2D eigenvalue weighted by molar-refractivity contribution is -0.139. The second-order valence-electron chi connectivity index (χ2n) is 5.65. The van der Waals surface area contributed by atoms with Crippen LogP contribution in [0.2, 0.25) is 0 Å². The molecule has 1 aromatic carbocycles. The topological polar surface area (TPSA) is 92.3 Å². The molecule has 0 aliphatic carbocycles. The Balaban J connectivity index is 1.95. The number of pyridine rings is 1. The highest BCUT2D eigenvalue weighted by Crippen LogP contribution is 2.27. The maximum Gasteiger partial charge on any atom is 0.338 e. The Labute approximate surface area is 151 Å². The van der Waals surface area contributed by atoms with Crippen molar-refractivity contribution < 1.29 is 14.3 Å². The second-order valence-corrected chi connectivity index (χ2v) is 5.65. The first-order valence-corrected chi connectivity index (χ1v) is 8.35. The molecule has 3 N–H and O–H groups in total. The number of amides is 2. The molecular weight excluding hydrogens is 332 g/mol. The zero-order valence-electron chi connectivity index (χ0n) is 14.4. The SMILES string of the molecule is CCOC(=O)C1=C(CNc2cccnc2)NC(=O)NC1c1ccccc1. The molecule has 3 rings (SSSR count). The van der Waals surface area contributed by atoms with Crippen molar-refractivity contribution in [2.75, 3.05) is 18.5 Å². The van der Waals surface area contributed by atoms with Gasteiger partial charge in [-0.1, -0.05) is 30.3 Å². The molecule has 2 heterocycles. The van der Waals surface area contributed by atoms with Gasteiger partial charge in [0.2, 0.25) is 0 Å². The van der Waals surface area contributed by atoms with E-state index in [0.717, 1.165) is 11.3 Å². The number of aromatic nitrogens is 1. The van der Waals surface area contributed by atoms with Crippen molar-refractivity contribution in [1.82, 2.24) is 15.6 Å². The molecule has 26 heavy (non-hydrogen) atoms.